The van der Waals surface area contributed by atoms with Crippen LogP contribution in [0.25, 0.3) is 0 Å². The Kier molecular flexibility index (Phi) is 3.60. The van der Waals surface area contributed by atoms with Crippen molar-refractivity contribution in [2.24, 2.45) is 0 Å². The smallest absolute Gasteiger partial charge is 0.240 e. The monoisotopic (exact) mass is 261 g/mol. The number of amides is 2. The van der Waals surface area contributed by atoms with E-state index in [2.05, 4.69) is 5.32 Å². The maximum absolute atomic E-state index is 12.1. The van der Waals surface area contributed by atoms with E-state index >= 15 is 0 Å². The first-order valence-electron chi connectivity index (χ1n) is 6.71. The van der Waals surface area contributed by atoms with Gasteiger partial charge in [-0.25, -0.2) is 0 Å². The summed E-state index contributed by atoms with van der Waals surface area (Å²) in [6.07, 6.45) is 0.913. The van der Waals surface area contributed by atoms with Gasteiger partial charge in [-0.15, -0.1) is 0 Å². The van der Waals surface area contributed by atoms with Gasteiger partial charge in [-0.05, 0) is 18.9 Å². The average Bonchev–Trinajstić information content (AvgIpc) is 2.79. The zero-order chi connectivity index (χ0) is 14.0. The van der Waals surface area contributed by atoms with Crippen LogP contribution in [0.5, 0.6) is 5.75 Å². The second-order valence-corrected chi connectivity index (χ2v) is 4.70. The summed E-state index contributed by atoms with van der Waals surface area (Å²) in [6, 6.07) is 5.81. The molecule has 1 aromatic rings. The van der Waals surface area contributed by atoms with Crippen molar-refractivity contribution in [2.45, 2.75) is 39.0 Å². The molecule has 0 bridgehead atoms. The van der Waals surface area contributed by atoms with Crippen molar-refractivity contribution in [3.05, 3.63) is 29.3 Å². The summed E-state index contributed by atoms with van der Waals surface area (Å²) < 4.78 is 5.66. The number of hydrogen-bond donors (Lipinski definition) is 1. The van der Waals surface area contributed by atoms with E-state index in [0.717, 1.165) is 16.9 Å². The molecule has 0 aliphatic carbocycles. The summed E-state index contributed by atoms with van der Waals surface area (Å²) in [6.45, 7) is 6.30. The molecule has 1 aromatic carbocycles. The van der Waals surface area contributed by atoms with Crippen LogP contribution in [0, 0.1) is 6.92 Å². The van der Waals surface area contributed by atoms with Crippen LogP contribution in [-0.2, 0) is 15.0 Å². The highest BCUT2D eigenvalue weighted by atomic mass is 16.5. The quantitative estimate of drug-likeness (QED) is 0.727. The highest BCUT2D eigenvalue weighted by Gasteiger charge is 2.50. The van der Waals surface area contributed by atoms with E-state index in [-0.39, 0.29) is 11.8 Å². The second kappa shape index (κ2) is 5.03. The van der Waals surface area contributed by atoms with Crippen LogP contribution in [0.2, 0.25) is 0 Å². The summed E-state index contributed by atoms with van der Waals surface area (Å²) in [5.74, 6) is 0.386. The second-order valence-electron chi connectivity index (χ2n) is 4.70. The number of hydrogen-bond acceptors (Lipinski definition) is 3. The molecule has 4 nitrogen and oxygen atoms in total. The summed E-state index contributed by atoms with van der Waals surface area (Å²) >= 11 is 0. The van der Waals surface area contributed by atoms with E-state index in [1.807, 2.05) is 39.0 Å². The summed E-state index contributed by atoms with van der Waals surface area (Å²) in [4.78, 5) is 23.3. The lowest BCUT2D eigenvalue weighted by Gasteiger charge is -2.30. The van der Waals surface area contributed by atoms with E-state index in [1.165, 1.54) is 0 Å². The number of rotatable bonds is 0. The third-order valence-corrected chi connectivity index (χ3v) is 3.66. The number of imide groups is 1. The lowest BCUT2D eigenvalue weighted by Crippen LogP contribution is -2.52. The van der Waals surface area contributed by atoms with Crippen molar-refractivity contribution in [1.82, 2.24) is 5.32 Å². The molecule has 19 heavy (non-hydrogen) atoms. The summed E-state index contributed by atoms with van der Waals surface area (Å²) in [5.41, 5.74) is 1.29. The molecule has 1 spiro atoms. The predicted octanol–water partition coefficient (Wildman–Crippen LogP) is 2.09. The van der Waals surface area contributed by atoms with Crippen molar-refractivity contribution in [1.29, 1.82) is 0 Å². The van der Waals surface area contributed by atoms with Gasteiger partial charge in [0.05, 0.1) is 0 Å². The van der Waals surface area contributed by atoms with E-state index < -0.39 is 5.41 Å². The molecule has 1 saturated heterocycles. The first-order valence-corrected chi connectivity index (χ1v) is 6.71. The van der Waals surface area contributed by atoms with Gasteiger partial charge in [0.1, 0.15) is 17.8 Å². The Morgan fingerprint density at radius 1 is 1.26 bits per heavy atom. The largest absolute Gasteiger partial charge is 0.492 e. The number of carbonyl (C=O) groups is 2. The van der Waals surface area contributed by atoms with E-state index in [1.54, 1.807) is 0 Å². The standard InChI is InChI=1S/C13H13NO3.C2H6/c1-8-3-2-4-9-11(8)17-7-13(9)6-5-10(15)14-12(13)16;1-2/h2-4H,5-7H2,1H3,(H,14,15,16);1-2H3. The molecule has 2 heterocycles. The van der Waals surface area contributed by atoms with E-state index in [0.29, 0.717) is 19.4 Å². The Balaban J connectivity index is 0.000000637. The lowest BCUT2D eigenvalue weighted by molar-refractivity contribution is -0.138. The number of ether oxygens (including phenoxy) is 1. The lowest BCUT2D eigenvalue weighted by atomic mass is 9.75. The van der Waals surface area contributed by atoms with Crippen LogP contribution in [0.4, 0.5) is 0 Å². The van der Waals surface area contributed by atoms with Gasteiger partial charge < -0.3 is 4.74 Å². The molecule has 1 unspecified atom stereocenters. The van der Waals surface area contributed by atoms with Gasteiger partial charge in [-0.2, -0.15) is 0 Å². The minimum Gasteiger partial charge on any atom is -0.492 e. The maximum atomic E-state index is 12.1. The highest BCUT2D eigenvalue weighted by Crippen LogP contribution is 2.44. The number of piperidine rings is 1. The SMILES string of the molecule is CC.Cc1cccc2c1OCC21CCC(=O)NC1=O. The van der Waals surface area contributed by atoms with Crippen molar-refractivity contribution in [3.63, 3.8) is 0 Å². The fourth-order valence-corrected chi connectivity index (χ4v) is 2.64. The van der Waals surface area contributed by atoms with Crippen molar-refractivity contribution in [2.75, 3.05) is 6.61 Å². The van der Waals surface area contributed by atoms with Crippen molar-refractivity contribution in [3.8, 4) is 5.75 Å². The van der Waals surface area contributed by atoms with Crippen LogP contribution in [0.3, 0.4) is 0 Å². The van der Waals surface area contributed by atoms with Gasteiger partial charge >= 0.3 is 0 Å². The molecule has 1 N–H and O–H groups in total. The Morgan fingerprint density at radius 2 is 2.00 bits per heavy atom. The highest BCUT2D eigenvalue weighted by molar-refractivity contribution is 6.04. The summed E-state index contributed by atoms with van der Waals surface area (Å²) in [5, 5.41) is 2.41. The topological polar surface area (TPSA) is 55.4 Å². The molecule has 4 heteroatoms. The van der Waals surface area contributed by atoms with Crippen LogP contribution in [0.1, 0.15) is 37.8 Å². The minimum absolute atomic E-state index is 0.193. The molecule has 0 saturated carbocycles. The molecule has 1 fully saturated rings. The van der Waals surface area contributed by atoms with Gasteiger partial charge in [0.25, 0.3) is 0 Å². The van der Waals surface area contributed by atoms with E-state index in [4.69, 9.17) is 4.74 Å². The number of fused-ring (bicyclic) bond motifs is 2. The average molecular weight is 261 g/mol. The third kappa shape index (κ3) is 2.01. The molecule has 0 aromatic heterocycles. The fraction of sp³-hybridized carbons (Fsp3) is 0.467. The number of benzene rings is 1. The Hall–Kier alpha value is -1.84. The van der Waals surface area contributed by atoms with Crippen molar-refractivity contribution >= 4 is 11.8 Å². The zero-order valence-corrected chi connectivity index (χ0v) is 11.6. The molecule has 0 radical (unpaired) electrons. The predicted molar refractivity (Wildman–Crippen MR) is 72.1 cm³/mol. The van der Waals surface area contributed by atoms with Crippen LogP contribution in [-0.4, -0.2) is 18.4 Å². The number of nitrogens with one attached hydrogen (secondary N) is 1. The first-order chi connectivity index (χ1) is 9.13. The molecular weight excluding hydrogens is 242 g/mol. The van der Waals surface area contributed by atoms with Gasteiger partial charge in [-0.3, -0.25) is 14.9 Å². The van der Waals surface area contributed by atoms with Crippen LogP contribution >= 0.6 is 0 Å². The number of aryl methyl sites for hydroxylation is 1. The molecule has 1 atom stereocenters. The van der Waals surface area contributed by atoms with Gasteiger partial charge in [0, 0.05) is 12.0 Å². The molecule has 102 valence electrons. The first kappa shape index (κ1) is 13.6. The van der Waals surface area contributed by atoms with Crippen LogP contribution < -0.4 is 10.1 Å². The molecular formula is C15H19NO3. The molecule has 2 amide bonds. The Morgan fingerprint density at radius 3 is 2.68 bits per heavy atom. The zero-order valence-electron chi connectivity index (χ0n) is 11.6. The van der Waals surface area contributed by atoms with Crippen molar-refractivity contribution < 1.29 is 14.3 Å². The third-order valence-electron chi connectivity index (χ3n) is 3.66. The van der Waals surface area contributed by atoms with E-state index in [9.17, 15) is 9.59 Å². The van der Waals surface area contributed by atoms with Gasteiger partial charge in [0.2, 0.25) is 11.8 Å². The maximum Gasteiger partial charge on any atom is 0.240 e. The van der Waals surface area contributed by atoms with Gasteiger partial charge in [0.15, 0.2) is 0 Å². The van der Waals surface area contributed by atoms with Gasteiger partial charge in [-0.1, -0.05) is 32.0 Å². The van der Waals surface area contributed by atoms with Crippen LogP contribution in [0.15, 0.2) is 18.2 Å². The molecule has 2 aliphatic heterocycles. The molecule has 3 rings (SSSR count). The Bertz CT molecular complexity index is 524. The fourth-order valence-electron chi connectivity index (χ4n) is 2.64. The summed E-state index contributed by atoms with van der Waals surface area (Å²) in [7, 11) is 0. The molecule has 2 aliphatic rings. The normalized spacial score (nSPS) is 24.2. The Labute approximate surface area is 113 Å². The number of para-hydroxylation sites is 1. The number of carbonyl (C=O) groups excluding carboxylic acids is 2. The minimum atomic E-state index is -0.657.